The third-order valence-corrected chi connectivity index (χ3v) is 2.78. The van der Waals surface area contributed by atoms with Gasteiger partial charge in [0.15, 0.2) is 5.82 Å². The van der Waals surface area contributed by atoms with Crippen molar-refractivity contribution in [3.8, 4) is 0 Å². The minimum atomic E-state index is -2.43. The minimum absolute atomic E-state index is 0.292. The molecular weight excluding hydrogens is 250 g/mol. The van der Waals surface area contributed by atoms with Crippen LogP contribution < -0.4 is 10.6 Å². The van der Waals surface area contributed by atoms with Crippen molar-refractivity contribution in [1.82, 2.24) is 9.97 Å². The van der Waals surface area contributed by atoms with Gasteiger partial charge in [-0.25, -0.2) is 18.7 Å². The summed E-state index contributed by atoms with van der Waals surface area (Å²) in [5.74, 6) is 0.476. The molecule has 0 saturated heterocycles. The zero-order chi connectivity index (χ0) is 13.8. The molecule has 6 heteroatoms. The molecule has 19 heavy (non-hydrogen) atoms. The lowest BCUT2D eigenvalue weighted by atomic mass is 10.2. The Morgan fingerprint density at radius 3 is 2.42 bits per heavy atom. The number of aromatic nitrogens is 2. The standard InChI is InChI=1S/C13H16F2N4/c1-9-13(19(7-6-16)8-12(14)15)18-11-5-3-2-4-10(11)17-9/h2-5,12H,6-8,16H2,1H3. The molecule has 0 radical (unpaired) electrons. The minimum Gasteiger partial charge on any atom is -0.348 e. The van der Waals surface area contributed by atoms with Crippen LogP contribution in [0.5, 0.6) is 0 Å². The maximum absolute atomic E-state index is 12.6. The van der Waals surface area contributed by atoms with Gasteiger partial charge in [0.05, 0.1) is 23.3 Å². The van der Waals surface area contributed by atoms with Crippen LogP contribution in [0.3, 0.4) is 0 Å². The summed E-state index contributed by atoms with van der Waals surface area (Å²) in [6, 6.07) is 7.37. The summed E-state index contributed by atoms with van der Waals surface area (Å²) >= 11 is 0. The molecule has 2 N–H and O–H groups in total. The highest BCUT2D eigenvalue weighted by atomic mass is 19.3. The second kappa shape index (κ2) is 5.88. The Labute approximate surface area is 110 Å². The van der Waals surface area contributed by atoms with Crippen LogP contribution in [0.4, 0.5) is 14.6 Å². The van der Waals surface area contributed by atoms with Crippen LogP contribution in [0.15, 0.2) is 24.3 Å². The molecule has 0 unspecified atom stereocenters. The Bertz CT molecular complexity index is 559. The quantitative estimate of drug-likeness (QED) is 0.899. The molecule has 0 saturated carbocycles. The summed E-state index contributed by atoms with van der Waals surface area (Å²) in [7, 11) is 0. The van der Waals surface area contributed by atoms with Crippen molar-refractivity contribution in [3.05, 3.63) is 30.0 Å². The van der Waals surface area contributed by atoms with Crippen molar-refractivity contribution in [2.75, 3.05) is 24.5 Å². The highest BCUT2D eigenvalue weighted by Crippen LogP contribution is 2.20. The maximum atomic E-state index is 12.6. The molecule has 0 aliphatic carbocycles. The largest absolute Gasteiger partial charge is 0.348 e. The van der Waals surface area contributed by atoms with E-state index < -0.39 is 6.43 Å². The number of nitrogens with zero attached hydrogens (tertiary/aromatic N) is 3. The van der Waals surface area contributed by atoms with Crippen LogP contribution in [-0.4, -0.2) is 36.0 Å². The second-order valence-electron chi connectivity index (χ2n) is 4.25. The average Bonchev–Trinajstić information content (AvgIpc) is 2.37. The van der Waals surface area contributed by atoms with E-state index in [2.05, 4.69) is 9.97 Å². The Morgan fingerprint density at radius 2 is 1.84 bits per heavy atom. The average molecular weight is 266 g/mol. The molecular formula is C13H16F2N4. The van der Waals surface area contributed by atoms with E-state index in [1.807, 2.05) is 24.3 Å². The lowest BCUT2D eigenvalue weighted by molar-refractivity contribution is 0.154. The fourth-order valence-electron chi connectivity index (χ4n) is 1.98. The maximum Gasteiger partial charge on any atom is 0.255 e. The molecule has 4 nitrogen and oxygen atoms in total. The first-order valence-corrected chi connectivity index (χ1v) is 6.08. The molecule has 0 aliphatic heterocycles. The highest BCUT2D eigenvalue weighted by molar-refractivity contribution is 5.76. The summed E-state index contributed by atoms with van der Waals surface area (Å²) in [5, 5.41) is 0. The van der Waals surface area contributed by atoms with Crippen LogP contribution in [-0.2, 0) is 0 Å². The molecule has 1 heterocycles. The first-order valence-electron chi connectivity index (χ1n) is 6.08. The number of rotatable bonds is 5. The Morgan fingerprint density at radius 1 is 1.21 bits per heavy atom. The number of anilines is 1. The zero-order valence-electron chi connectivity index (χ0n) is 10.7. The van der Waals surface area contributed by atoms with Gasteiger partial charge in [-0.1, -0.05) is 12.1 Å². The van der Waals surface area contributed by atoms with E-state index in [1.165, 1.54) is 4.90 Å². The molecule has 0 bridgehead atoms. The van der Waals surface area contributed by atoms with Gasteiger partial charge in [0.2, 0.25) is 0 Å². The lowest BCUT2D eigenvalue weighted by Gasteiger charge is -2.24. The molecule has 102 valence electrons. The number of hydrogen-bond acceptors (Lipinski definition) is 4. The predicted octanol–water partition coefficient (Wildman–Crippen LogP) is 1.97. The van der Waals surface area contributed by atoms with Crippen molar-refractivity contribution in [1.29, 1.82) is 0 Å². The number of aryl methyl sites for hydroxylation is 1. The monoisotopic (exact) mass is 266 g/mol. The van der Waals surface area contributed by atoms with Crippen LogP contribution in [0.25, 0.3) is 11.0 Å². The smallest absolute Gasteiger partial charge is 0.255 e. The summed E-state index contributed by atoms with van der Waals surface area (Å²) in [4.78, 5) is 10.3. The first-order chi connectivity index (χ1) is 9.11. The fraction of sp³-hybridized carbons (Fsp3) is 0.385. The van der Waals surface area contributed by atoms with Gasteiger partial charge < -0.3 is 10.6 Å². The molecule has 2 aromatic rings. The molecule has 0 aliphatic rings. The number of benzene rings is 1. The zero-order valence-corrected chi connectivity index (χ0v) is 10.7. The fourth-order valence-corrected chi connectivity index (χ4v) is 1.98. The summed E-state index contributed by atoms with van der Waals surface area (Å²) < 4.78 is 25.2. The Kier molecular flexibility index (Phi) is 4.21. The molecule has 0 fully saturated rings. The number of hydrogen-bond donors (Lipinski definition) is 1. The van der Waals surface area contributed by atoms with E-state index in [1.54, 1.807) is 6.92 Å². The van der Waals surface area contributed by atoms with Gasteiger partial charge in [-0.2, -0.15) is 0 Å². The predicted molar refractivity (Wildman–Crippen MR) is 71.5 cm³/mol. The lowest BCUT2D eigenvalue weighted by Crippen LogP contribution is -2.35. The molecule has 1 aromatic heterocycles. The molecule has 0 spiro atoms. The van der Waals surface area contributed by atoms with Crippen molar-refractivity contribution in [3.63, 3.8) is 0 Å². The molecule has 0 amide bonds. The van der Waals surface area contributed by atoms with E-state index in [9.17, 15) is 8.78 Å². The van der Waals surface area contributed by atoms with Crippen LogP contribution in [0.1, 0.15) is 5.69 Å². The summed E-state index contributed by atoms with van der Waals surface area (Å²) in [6.45, 7) is 2.01. The second-order valence-corrected chi connectivity index (χ2v) is 4.25. The van der Waals surface area contributed by atoms with Crippen molar-refractivity contribution in [2.45, 2.75) is 13.3 Å². The SMILES string of the molecule is Cc1nc2ccccc2nc1N(CCN)CC(F)F. The highest BCUT2D eigenvalue weighted by Gasteiger charge is 2.16. The number of fused-ring (bicyclic) bond motifs is 1. The van der Waals surface area contributed by atoms with Gasteiger partial charge in [0.1, 0.15) is 0 Å². The van der Waals surface area contributed by atoms with Crippen molar-refractivity contribution < 1.29 is 8.78 Å². The van der Waals surface area contributed by atoms with E-state index in [4.69, 9.17) is 5.73 Å². The normalized spacial score (nSPS) is 11.2. The van der Waals surface area contributed by atoms with Gasteiger partial charge in [0, 0.05) is 13.1 Å². The van der Waals surface area contributed by atoms with Crippen LogP contribution >= 0.6 is 0 Å². The van der Waals surface area contributed by atoms with Gasteiger partial charge in [-0.15, -0.1) is 0 Å². The van der Waals surface area contributed by atoms with E-state index >= 15 is 0 Å². The van der Waals surface area contributed by atoms with Crippen molar-refractivity contribution in [2.24, 2.45) is 5.73 Å². The first kappa shape index (κ1) is 13.6. The van der Waals surface area contributed by atoms with E-state index in [0.717, 1.165) is 5.52 Å². The Balaban J connectivity index is 2.43. The number of nitrogens with two attached hydrogens (primary N) is 1. The van der Waals surface area contributed by atoms with Gasteiger partial charge >= 0.3 is 0 Å². The topological polar surface area (TPSA) is 55.0 Å². The van der Waals surface area contributed by atoms with E-state index in [0.29, 0.717) is 30.1 Å². The number of halogens is 2. The van der Waals surface area contributed by atoms with Crippen LogP contribution in [0, 0.1) is 6.92 Å². The van der Waals surface area contributed by atoms with Gasteiger partial charge in [0.25, 0.3) is 6.43 Å². The molecule has 2 rings (SSSR count). The van der Waals surface area contributed by atoms with Crippen molar-refractivity contribution >= 4 is 16.9 Å². The molecule has 1 aromatic carbocycles. The van der Waals surface area contributed by atoms with Gasteiger partial charge in [-0.05, 0) is 19.1 Å². The van der Waals surface area contributed by atoms with Crippen LogP contribution in [0.2, 0.25) is 0 Å². The summed E-state index contributed by atoms with van der Waals surface area (Å²) in [6.07, 6.45) is -2.43. The molecule has 0 atom stereocenters. The third-order valence-electron chi connectivity index (χ3n) is 2.78. The number of para-hydroxylation sites is 2. The third kappa shape index (κ3) is 3.14. The van der Waals surface area contributed by atoms with Gasteiger partial charge in [-0.3, -0.25) is 0 Å². The Hall–Kier alpha value is -1.82. The number of alkyl halides is 2. The van der Waals surface area contributed by atoms with E-state index in [-0.39, 0.29) is 6.54 Å². The summed E-state index contributed by atoms with van der Waals surface area (Å²) in [5.41, 5.74) is 7.55.